The van der Waals surface area contributed by atoms with Crippen molar-refractivity contribution in [2.75, 3.05) is 0 Å². The lowest BCUT2D eigenvalue weighted by Gasteiger charge is -2.10. The summed E-state index contributed by atoms with van der Waals surface area (Å²) in [5, 5.41) is 5.98. The van der Waals surface area contributed by atoms with Crippen LogP contribution in [0.3, 0.4) is 0 Å². The summed E-state index contributed by atoms with van der Waals surface area (Å²) in [6.45, 7) is 8.35. The molecule has 0 saturated heterocycles. The molecule has 0 fully saturated rings. The van der Waals surface area contributed by atoms with Gasteiger partial charge in [0.25, 0.3) is 0 Å². The number of hydrogen-bond donors (Lipinski definition) is 0. The number of para-hydroxylation sites is 1. The fourth-order valence-corrected chi connectivity index (χ4v) is 3.02. The lowest BCUT2D eigenvalue weighted by atomic mass is 10.1. The molecule has 0 spiro atoms. The summed E-state index contributed by atoms with van der Waals surface area (Å²) in [4.78, 5) is 0. The normalized spacial score (nSPS) is 11.4. The van der Waals surface area contributed by atoms with E-state index in [1.807, 2.05) is 0 Å². The van der Waals surface area contributed by atoms with Gasteiger partial charge in [-0.2, -0.15) is 5.10 Å². The molecule has 110 valence electrons. The third-order valence-electron chi connectivity index (χ3n) is 4.16. The Balaban J connectivity index is 2.04. The van der Waals surface area contributed by atoms with Gasteiger partial charge in [-0.1, -0.05) is 32.0 Å². The second-order valence-electron chi connectivity index (χ2n) is 5.45. The summed E-state index contributed by atoms with van der Waals surface area (Å²) in [5.74, 6) is 0. The molecule has 0 bridgehead atoms. The number of aromatic nitrogens is 3. The van der Waals surface area contributed by atoms with E-state index in [9.17, 15) is 0 Å². The molecule has 0 aliphatic heterocycles. The number of aryl methyl sites for hydroxylation is 3. The molecule has 0 unspecified atom stereocenters. The van der Waals surface area contributed by atoms with Crippen molar-refractivity contribution in [3.63, 3.8) is 0 Å². The van der Waals surface area contributed by atoms with Gasteiger partial charge < -0.3 is 4.57 Å². The van der Waals surface area contributed by atoms with Crippen molar-refractivity contribution in [2.24, 2.45) is 0 Å². The van der Waals surface area contributed by atoms with E-state index >= 15 is 0 Å². The zero-order valence-corrected chi connectivity index (χ0v) is 13.1. The minimum atomic E-state index is 0.890. The fourth-order valence-electron chi connectivity index (χ4n) is 3.02. The van der Waals surface area contributed by atoms with Gasteiger partial charge in [0.15, 0.2) is 0 Å². The zero-order valence-electron chi connectivity index (χ0n) is 13.1. The van der Waals surface area contributed by atoms with Gasteiger partial charge in [0.1, 0.15) is 0 Å². The number of fused-ring (bicyclic) bond motifs is 1. The van der Waals surface area contributed by atoms with Gasteiger partial charge in [0.2, 0.25) is 0 Å². The first-order chi connectivity index (χ1) is 10.3. The van der Waals surface area contributed by atoms with Crippen molar-refractivity contribution in [3.05, 3.63) is 53.5 Å². The van der Waals surface area contributed by atoms with E-state index in [0.717, 1.165) is 25.9 Å². The highest BCUT2D eigenvalue weighted by Crippen LogP contribution is 2.22. The van der Waals surface area contributed by atoms with Gasteiger partial charge in [-0.3, -0.25) is 4.68 Å². The molecule has 0 amide bonds. The van der Waals surface area contributed by atoms with Gasteiger partial charge in [-0.05, 0) is 42.8 Å². The molecule has 3 aromatic rings. The van der Waals surface area contributed by atoms with Crippen molar-refractivity contribution in [2.45, 2.75) is 46.7 Å². The molecule has 0 aliphatic carbocycles. The van der Waals surface area contributed by atoms with Crippen molar-refractivity contribution >= 4 is 10.9 Å². The minimum Gasteiger partial charge on any atom is -0.341 e. The van der Waals surface area contributed by atoms with E-state index in [1.54, 1.807) is 0 Å². The Hall–Kier alpha value is -2.03. The van der Waals surface area contributed by atoms with Crippen molar-refractivity contribution in [1.82, 2.24) is 14.3 Å². The van der Waals surface area contributed by atoms with Gasteiger partial charge in [0, 0.05) is 12.7 Å². The van der Waals surface area contributed by atoms with Crippen LogP contribution in [0.2, 0.25) is 0 Å². The average molecular weight is 281 g/mol. The summed E-state index contributed by atoms with van der Waals surface area (Å²) in [7, 11) is 0. The topological polar surface area (TPSA) is 22.8 Å². The summed E-state index contributed by atoms with van der Waals surface area (Å²) < 4.78 is 4.48. The molecule has 2 aromatic heterocycles. The Bertz CT molecular complexity index is 749. The van der Waals surface area contributed by atoms with E-state index in [1.165, 1.54) is 27.9 Å². The van der Waals surface area contributed by atoms with Crippen LogP contribution in [-0.4, -0.2) is 14.3 Å². The van der Waals surface area contributed by atoms with E-state index in [2.05, 4.69) is 71.6 Å². The molecule has 0 radical (unpaired) electrons. The van der Waals surface area contributed by atoms with Gasteiger partial charge in [-0.25, -0.2) is 0 Å². The minimum absolute atomic E-state index is 0.890. The van der Waals surface area contributed by atoms with Crippen LogP contribution in [0.25, 0.3) is 10.9 Å². The van der Waals surface area contributed by atoms with Gasteiger partial charge >= 0.3 is 0 Å². The molecule has 3 nitrogen and oxygen atoms in total. The number of nitrogens with zero attached hydrogens (tertiary/aromatic N) is 3. The second-order valence-corrected chi connectivity index (χ2v) is 5.45. The molecule has 1 aromatic carbocycles. The lowest BCUT2D eigenvalue weighted by Crippen LogP contribution is -2.07. The summed E-state index contributed by atoms with van der Waals surface area (Å²) in [5.41, 5.74) is 5.24. The van der Waals surface area contributed by atoms with Crippen molar-refractivity contribution in [3.8, 4) is 0 Å². The van der Waals surface area contributed by atoms with E-state index < -0.39 is 0 Å². The van der Waals surface area contributed by atoms with Crippen LogP contribution >= 0.6 is 0 Å². The molecular weight excluding hydrogens is 258 g/mol. The Kier molecular flexibility index (Phi) is 3.82. The number of benzene rings is 1. The largest absolute Gasteiger partial charge is 0.341 e. The average Bonchev–Trinajstić information content (AvgIpc) is 3.11. The Morgan fingerprint density at radius 1 is 1.05 bits per heavy atom. The fraction of sp³-hybridized carbons (Fsp3) is 0.389. The molecule has 0 atom stereocenters. The molecule has 3 heteroatoms. The number of rotatable bonds is 5. The molecule has 3 rings (SSSR count). The van der Waals surface area contributed by atoms with Gasteiger partial charge in [-0.15, -0.1) is 0 Å². The summed E-state index contributed by atoms with van der Waals surface area (Å²) in [6, 6.07) is 11.0. The van der Waals surface area contributed by atoms with E-state index in [0.29, 0.717) is 0 Å². The van der Waals surface area contributed by atoms with Crippen molar-refractivity contribution in [1.29, 1.82) is 0 Å². The highest BCUT2D eigenvalue weighted by atomic mass is 15.3. The smallest absolute Gasteiger partial charge is 0.0645 e. The van der Waals surface area contributed by atoms with Crippen LogP contribution in [0.15, 0.2) is 36.5 Å². The Labute approximate surface area is 126 Å². The maximum absolute atomic E-state index is 4.65. The maximum atomic E-state index is 4.65. The number of hydrogen-bond acceptors (Lipinski definition) is 1. The lowest BCUT2D eigenvalue weighted by molar-refractivity contribution is 0.599. The third kappa shape index (κ3) is 2.48. The zero-order chi connectivity index (χ0) is 14.8. The monoisotopic (exact) mass is 281 g/mol. The summed E-state index contributed by atoms with van der Waals surface area (Å²) >= 11 is 0. The van der Waals surface area contributed by atoms with Crippen LogP contribution in [0.5, 0.6) is 0 Å². The first-order valence-electron chi connectivity index (χ1n) is 7.89. The molecule has 2 heterocycles. The first kappa shape index (κ1) is 13.9. The molecule has 0 N–H and O–H groups in total. The second kappa shape index (κ2) is 5.76. The van der Waals surface area contributed by atoms with E-state index in [-0.39, 0.29) is 0 Å². The van der Waals surface area contributed by atoms with Crippen LogP contribution in [-0.2, 0) is 25.9 Å². The molecule has 0 aliphatic rings. The predicted octanol–water partition coefficient (Wildman–Crippen LogP) is 4.03. The van der Waals surface area contributed by atoms with E-state index in [4.69, 9.17) is 0 Å². The predicted molar refractivity (Wildman–Crippen MR) is 87.7 cm³/mol. The highest BCUT2D eigenvalue weighted by molar-refractivity contribution is 5.83. The van der Waals surface area contributed by atoms with Crippen LogP contribution in [0.1, 0.15) is 37.7 Å². The molecular formula is C18H23N3. The Morgan fingerprint density at radius 3 is 2.62 bits per heavy atom. The quantitative estimate of drug-likeness (QED) is 0.692. The molecule has 21 heavy (non-hydrogen) atoms. The van der Waals surface area contributed by atoms with Crippen LogP contribution < -0.4 is 0 Å². The SMILES string of the molecule is CCc1cc(Cn2ccc3cccc(CC)c32)n(CC)n1. The van der Waals surface area contributed by atoms with Crippen LogP contribution in [0, 0.1) is 0 Å². The third-order valence-corrected chi connectivity index (χ3v) is 4.16. The van der Waals surface area contributed by atoms with Crippen LogP contribution in [0.4, 0.5) is 0 Å². The summed E-state index contributed by atoms with van der Waals surface area (Å²) in [6.07, 6.45) is 4.25. The highest BCUT2D eigenvalue weighted by Gasteiger charge is 2.10. The molecule has 0 saturated carbocycles. The first-order valence-corrected chi connectivity index (χ1v) is 7.89. The standard InChI is InChI=1S/C18H23N3/c1-4-14-8-7-9-15-10-11-20(18(14)15)13-17-12-16(5-2)19-21(17)6-3/h7-12H,4-6,13H2,1-3H3. The van der Waals surface area contributed by atoms with Gasteiger partial charge in [0.05, 0.1) is 23.4 Å². The van der Waals surface area contributed by atoms with Crippen molar-refractivity contribution < 1.29 is 0 Å². The maximum Gasteiger partial charge on any atom is 0.0645 e. The Morgan fingerprint density at radius 2 is 1.90 bits per heavy atom.